The number of alkyl halides is 1. The summed E-state index contributed by atoms with van der Waals surface area (Å²) in [6.45, 7) is 4.53. The number of amides is 2. The molecule has 47 heavy (non-hydrogen) atoms. The Hall–Kier alpha value is -5.11. The highest BCUT2D eigenvalue weighted by atomic mass is 35.5. The number of hydrogen-bond donors (Lipinski definition) is 2. The molecule has 5 aromatic rings. The molecular formula is C32H32ClF2N8O4+. The molecule has 3 N–H and O–H groups in total. The molecule has 0 saturated carbocycles. The first-order valence-corrected chi connectivity index (χ1v) is 15.2. The van der Waals surface area contributed by atoms with E-state index in [4.69, 9.17) is 22.1 Å². The fourth-order valence-corrected chi connectivity index (χ4v) is 5.91. The standard InChI is InChI=1S/C32H31ClF2N8O4/c1-32(2,3)47-31(46)42-14-24(20-8-4-5-10-22(20)42)43-17-40(29-27(43)28(36)38-16-39-29)15-25(44)41-13-19(34)11-23(41)30(45)37-12-18-7-6-9-21(33)26(18)35/h4-10,14,16-17,19,23H,11-13,15H2,1-3H3,(H2-,36,37,38,39,45)/p+1/t19-,23+/m1/s1. The smallest absolute Gasteiger partial charge is 0.419 e. The van der Waals surface area contributed by atoms with Crippen LogP contribution in [0.15, 0.2) is 61.3 Å². The summed E-state index contributed by atoms with van der Waals surface area (Å²) in [6, 6.07) is 10.5. The molecule has 0 aliphatic carbocycles. The topological polar surface area (TPSA) is 141 Å². The first-order valence-electron chi connectivity index (χ1n) is 14.8. The summed E-state index contributed by atoms with van der Waals surface area (Å²) in [5.41, 5.74) is 7.53. The zero-order valence-corrected chi connectivity index (χ0v) is 26.5. The van der Waals surface area contributed by atoms with Gasteiger partial charge in [0, 0.05) is 23.9 Å². The van der Waals surface area contributed by atoms with E-state index in [2.05, 4.69) is 15.3 Å². The number of nitrogens with zero attached hydrogens (tertiary/aromatic N) is 6. The molecule has 0 radical (unpaired) electrons. The quantitative estimate of drug-likeness (QED) is 0.261. The third-order valence-corrected chi connectivity index (χ3v) is 8.09. The molecule has 1 fully saturated rings. The second-order valence-electron chi connectivity index (χ2n) is 12.3. The minimum Gasteiger partial charge on any atom is -0.443 e. The summed E-state index contributed by atoms with van der Waals surface area (Å²) >= 11 is 5.84. The molecule has 0 spiro atoms. The Morgan fingerprint density at radius 1 is 1.15 bits per heavy atom. The number of aromatic nitrogens is 5. The van der Waals surface area contributed by atoms with Gasteiger partial charge < -0.3 is 20.7 Å². The van der Waals surface area contributed by atoms with Gasteiger partial charge in [-0.15, -0.1) is 0 Å². The summed E-state index contributed by atoms with van der Waals surface area (Å²) in [5.74, 6) is -1.71. The lowest BCUT2D eigenvalue weighted by Gasteiger charge is -2.23. The molecule has 15 heteroatoms. The van der Waals surface area contributed by atoms with Crippen LogP contribution in [0, 0.1) is 5.82 Å². The molecule has 2 amide bonds. The Morgan fingerprint density at radius 2 is 1.91 bits per heavy atom. The largest absolute Gasteiger partial charge is 0.443 e. The maximum atomic E-state index is 14.7. The van der Waals surface area contributed by atoms with Crippen molar-refractivity contribution in [3.05, 3.63) is 77.7 Å². The van der Waals surface area contributed by atoms with Crippen LogP contribution in [0.4, 0.5) is 19.4 Å². The molecule has 0 bridgehead atoms. The van der Waals surface area contributed by atoms with E-state index in [-0.39, 0.29) is 42.5 Å². The highest BCUT2D eigenvalue weighted by Crippen LogP contribution is 2.29. The van der Waals surface area contributed by atoms with Gasteiger partial charge in [-0.2, -0.15) is 4.98 Å². The van der Waals surface area contributed by atoms with Crippen molar-refractivity contribution >= 4 is 57.4 Å². The Kier molecular flexibility index (Phi) is 8.30. The number of likely N-dealkylation sites (tertiary alicyclic amines) is 1. The van der Waals surface area contributed by atoms with Crippen LogP contribution >= 0.6 is 11.6 Å². The average molecular weight is 666 g/mol. The van der Waals surface area contributed by atoms with Gasteiger partial charge in [0.15, 0.2) is 25.0 Å². The van der Waals surface area contributed by atoms with Crippen molar-refractivity contribution < 1.29 is 32.5 Å². The monoisotopic (exact) mass is 665 g/mol. The lowest BCUT2D eigenvalue weighted by atomic mass is 10.1. The van der Waals surface area contributed by atoms with Crippen LogP contribution in [-0.4, -0.2) is 66.3 Å². The van der Waals surface area contributed by atoms with Crippen molar-refractivity contribution in [1.82, 2.24) is 29.3 Å². The molecule has 6 rings (SSSR count). The molecule has 0 unspecified atom stereocenters. The number of nitrogens with one attached hydrogen (secondary N) is 1. The summed E-state index contributed by atoms with van der Waals surface area (Å²) in [6.07, 6.45) is 2.23. The zero-order chi connectivity index (χ0) is 33.6. The SMILES string of the molecule is CC(C)(C)OC(=O)n1cc(-n2c[n+](CC(=O)N3C[C@H](F)C[C@H]3C(=O)NCc3cccc(Cl)c3F)c3ncnc(N)c32)c2ccccc21. The van der Waals surface area contributed by atoms with E-state index in [1.165, 1.54) is 32.5 Å². The van der Waals surface area contributed by atoms with E-state index in [9.17, 15) is 23.2 Å². The molecule has 2 aromatic carbocycles. The van der Waals surface area contributed by atoms with Gasteiger partial charge in [0.1, 0.15) is 29.3 Å². The maximum Gasteiger partial charge on any atom is 0.419 e. The molecule has 1 aliphatic heterocycles. The van der Waals surface area contributed by atoms with E-state index >= 15 is 0 Å². The number of rotatable bonds is 6. The van der Waals surface area contributed by atoms with Gasteiger partial charge in [0.05, 0.1) is 23.3 Å². The molecule has 1 saturated heterocycles. The maximum absolute atomic E-state index is 14.7. The summed E-state index contributed by atoms with van der Waals surface area (Å²) in [5, 5.41) is 3.19. The summed E-state index contributed by atoms with van der Waals surface area (Å²) in [7, 11) is 0. The number of halogens is 3. The van der Waals surface area contributed by atoms with Gasteiger partial charge in [0.2, 0.25) is 11.4 Å². The summed E-state index contributed by atoms with van der Waals surface area (Å²) < 4.78 is 39.2. The molecule has 1 aliphatic rings. The molecule has 244 valence electrons. The van der Waals surface area contributed by atoms with Gasteiger partial charge in [-0.05, 0) is 39.0 Å². The predicted molar refractivity (Wildman–Crippen MR) is 169 cm³/mol. The van der Waals surface area contributed by atoms with E-state index in [1.54, 1.807) is 56.1 Å². The summed E-state index contributed by atoms with van der Waals surface area (Å²) in [4.78, 5) is 49.7. The third kappa shape index (κ3) is 6.20. The lowest BCUT2D eigenvalue weighted by Crippen LogP contribution is -2.50. The van der Waals surface area contributed by atoms with Crippen LogP contribution in [0.3, 0.4) is 0 Å². The van der Waals surface area contributed by atoms with Crippen LogP contribution in [0.1, 0.15) is 32.8 Å². The predicted octanol–water partition coefficient (Wildman–Crippen LogP) is 4.08. The molecule has 4 heterocycles. The lowest BCUT2D eigenvalue weighted by molar-refractivity contribution is -0.661. The fourth-order valence-electron chi connectivity index (χ4n) is 5.72. The van der Waals surface area contributed by atoms with Gasteiger partial charge in [0.25, 0.3) is 5.91 Å². The number of anilines is 1. The number of nitrogen functional groups attached to an aromatic ring is 1. The number of nitrogens with two attached hydrogens (primary N) is 1. The van der Waals surface area contributed by atoms with Crippen molar-refractivity contribution in [1.29, 1.82) is 0 Å². The van der Waals surface area contributed by atoms with E-state index in [0.717, 1.165) is 0 Å². The van der Waals surface area contributed by atoms with Crippen LogP contribution in [-0.2, 0) is 27.4 Å². The minimum atomic E-state index is -1.43. The van der Waals surface area contributed by atoms with E-state index in [0.29, 0.717) is 27.8 Å². The first kappa shape index (κ1) is 31.9. The number of ether oxygens (including phenoxy) is 1. The van der Waals surface area contributed by atoms with Crippen LogP contribution in [0.2, 0.25) is 5.02 Å². The minimum absolute atomic E-state index is 0.0896. The Labute approximate surface area is 272 Å². The number of carbonyl (C=O) groups is 3. The fraction of sp³-hybridized carbons (Fsp3) is 0.312. The number of fused-ring (bicyclic) bond motifs is 2. The highest BCUT2D eigenvalue weighted by molar-refractivity contribution is 6.30. The second-order valence-corrected chi connectivity index (χ2v) is 12.7. The van der Waals surface area contributed by atoms with Crippen molar-refractivity contribution in [3.8, 4) is 5.69 Å². The normalized spacial score (nSPS) is 16.6. The van der Waals surface area contributed by atoms with Gasteiger partial charge in [-0.3, -0.25) is 9.59 Å². The van der Waals surface area contributed by atoms with Crippen molar-refractivity contribution in [3.63, 3.8) is 0 Å². The third-order valence-electron chi connectivity index (χ3n) is 7.80. The van der Waals surface area contributed by atoms with Crippen molar-refractivity contribution in [2.45, 2.75) is 58.1 Å². The second kappa shape index (κ2) is 12.2. The zero-order valence-electron chi connectivity index (χ0n) is 25.8. The Bertz CT molecular complexity index is 2040. The molecule has 2 atom stereocenters. The number of hydrogen-bond acceptors (Lipinski definition) is 7. The highest BCUT2D eigenvalue weighted by Gasteiger charge is 2.40. The average Bonchev–Trinajstić information content (AvgIpc) is 3.71. The number of para-hydroxylation sites is 1. The Balaban J connectivity index is 1.31. The van der Waals surface area contributed by atoms with E-state index < -0.39 is 41.5 Å². The number of benzene rings is 2. The van der Waals surface area contributed by atoms with Crippen molar-refractivity contribution in [2.75, 3.05) is 12.3 Å². The van der Waals surface area contributed by atoms with Crippen molar-refractivity contribution in [2.24, 2.45) is 0 Å². The van der Waals surface area contributed by atoms with Gasteiger partial charge >= 0.3 is 11.7 Å². The van der Waals surface area contributed by atoms with Crippen LogP contribution < -0.4 is 15.6 Å². The van der Waals surface area contributed by atoms with Crippen LogP contribution in [0.5, 0.6) is 0 Å². The molecule has 3 aromatic heterocycles. The van der Waals surface area contributed by atoms with Gasteiger partial charge in [-0.25, -0.2) is 27.3 Å². The van der Waals surface area contributed by atoms with Gasteiger partial charge in [-0.1, -0.05) is 40.9 Å². The van der Waals surface area contributed by atoms with Crippen LogP contribution in [0.25, 0.3) is 27.8 Å². The van der Waals surface area contributed by atoms with E-state index in [1.807, 2.05) is 12.1 Å². The molecular weight excluding hydrogens is 634 g/mol. The number of imidazole rings is 1. The first-order chi connectivity index (χ1) is 22.3. The Morgan fingerprint density at radius 3 is 2.68 bits per heavy atom. The molecule has 12 nitrogen and oxygen atoms in total. The number of carbonyl (C=O) groups excluding carboxylic acids is 3.